The van der Waals surface area contributed by atoms with E-state index in [1.54, 1.807) is 0 Å². The third-order valence-electron chi connectivity index (χ3n) is 4.52. The van der Waals surface area contributed by atoms with Crippen LogP contribution in [0.5, 0.6) is 0 Å². The number of allylic oxidation sites excluding steroid dienone is 1. The maximum absolute atomic E-state index is 11.3. The zero-order valence-corrected chi connectivity index (χ0v) is 15.1. The Morgan fingerprint density at radius 2 is 2.17 bits per heavy atom. The fourth-order valence-corrected chi connectivity index (χ4v) is 5.17. The summed E-state index contributed by atoms with van der Waals surface area (Å²) in [5.74, 6) is 0.475. The number of piperidine rings is 1. The van der Waals surface area contributed by atoms with Crippen LogP contribution in [0.4, 0.5) is 0 Å². The first kappa shape index (κ1) is 16.9. The van der Waals surface area contributed by atoms with Gasteiger partial charge < -0.3 is 5.32 Å². The molecule has 9 heteroatoms. The van der Waals surface area contributed by atoms with Gasteiger partial charge in [0.15, 0.2) is 0 Å². The molecule has 2 aliphatic rings. The fourth-order valence-electron chi connectivity index (χ4n) is 3.16. The summed E-state index contributed by atoms with van der Waals surface area (Å²) < 4.78 is 26.1. The quantitative estimate of drug-likeness (QED) is 0.729. The number of fused-ring (bicyclic) bond motifs is 1. The molecule has 1 fully saturated rings. The van der Waals surface area contributed by atoms with Crippen LogP contribution in [0.25, 0.3) is 5.70 Å². The van der Waals surface area contributed by atoms with E-state index >= 15 is 0 Å². The lowest BCUT2D eigenvalue weighted by molar-refractivity contribution is 0.273. The highest BCUT2D eigenvalue weighted by Gasteiger charge is 2.26. The number of nitrogens with two attached hydrogens (primary N) is 1. The van der Waals surface area contributed by atoms with Crippen molar-refractivity contribution in [3.63, 3.8) is 0 Å². The van der Waals surface area contributed by atoms with Crippen LogP contribution >= 0.6 is 8.58 Å². The van der Waals surface area contributed by atoms with Crippen LogP contribution < -0.4 is 15.9 Å². The number of rotatable bonds is 5. The van der Waals surface area contributed by atoms with Crippen molar-refractivity contribution in [3.8, 4) is 0 Å². The van der Waals surface area contributed by atoms with Gasteiger partial charge in [0.05, 0.1) is 11.6 Å². The molecule has 1 aromatic rings. The van der Waals surface area contributed by atoms with Crippen molar-refractivity contribution in [3.05, 3.63) is 17.8 Å². The maximum atomic E-state index is 11.3. The number of aryl methyl sites for hydroxylation is 1. The van der Waals surface area contributed by atoms with E-state index in [2.05, 4.69) is 28.1 Å². The first-order chi connectivity index (χ1) is 11.0. The Hall–Kier alpha value is -0.950. The molecule has 1 saturated heterocycles. The van der Waals surface area contributed by atoms with Crippen molar-refractivity contribution >= 4 is 29.9 Å². The lowest BCUT2D eigenvalue weighted by Crippen LogP contribution is -2.43. The average Bonchev–Trinajstić information content (AvgIpc) is 2.96. The summed E-state index contributed by atoms with van der Waals surface area (Å²) in [7, 11) is -2.75. The van der Waals surface area contributed by atoms with Crippen LogP contribution in [-0.4, -0.2) is 48.3 Å². The zero-order chi connectivity index (χ0) is 16.4. The normalized spacial score (nSPS) is 21.2. The number of hydrogen-bond acceptors (Lipinski definition) is 4. The number of nitrogens with zero attached hydrogens (tertiary/aromatic N) is 3. The van der Waals surface area contributed by atoms with Crippen LogP contribution in [0.2, 0.25) is 0 Å². The van der Waals surface area contributed by atoms with Crippen molar-refractivity contribution in [1.82, 2.24) is 19.4 Å². The smallest absolute Gasteiger partial charge is 0.276 e. The fraction of sp³-hybridized carbons (Fsp3) is 0.643. The second-order valence-corrected chi connectivity index (χ2v) is 8.77. The Morgan fingerprint density at radius 1 is 1.43 bits per heavy atom. The van der Waals surface area contributed by atoms with E-state index in [-0.39, 0.29) is 0 Å². The standard InChI is InChI=1S/C14H24N5O2PS/c1-2-19-14-12(10-17-19)13(5-8-22-14)16-9-11-3-6-18(7-4-11)23(15,20)21/h5,10-11,16,22H,2-4,6-9H2,1H3,(H2,15,20,21). The molecule has 0 bridgehead atoms. The predicted octanol–water partition coefficient (Wildman–Crippen LogP) is 0.0664. The van der Waals surface area contributed by atoms with E-state index in [4.69, 9.17) is 5.14 Å². The SMILES string of the molecule is CCn1ncc2c1PCC=C2NCC1CCN(S(N)(=O)=O)CC1. The molecule has 7 nitrogen and oxygen atoms in total. The van der Waals surface area contributed by atoms with Crippen molar-refractivity contribution in [2.75, 3.05) is 25.8 Å². The van der Waals surface area contributed by atoms with Crippen LogP contribution in [-0.2, 0) is 16.8 Å². The van der Waals surface area contributed by atoms with Crippen LogP contribution in [0.1, 0.15) is 25.3 Å². The molecule has 1 aromatic heterocycles. The topological polar surface area (TPSA) is 93.2 Å². The first-order valence-electron chi connectivity index (χ1n) is 8.01. The van der Waals surface area contributed by atoms with Gasteiger partial charge in [-0.05, 0) is 31.8 Å². The molecule has 3 heterocycles. The van der Waals surface area contributed by atoms with Gasteiger partial charge in [-0.15, -0.1) is 0 Å². The molecule has 0 radical (unpaired) electrons. The van der Waals surface area contributed by atoms with Gasteiger partial charge in [0.25, 0.3) is 10.2 Å². The van der Waals surface area contributed by atoms with Gasteiger partial charge in [0, 0.05) is 37.4 Å². The van der Waals surface area contributed by atoms with Gasteiger partial charge in [-0.2, -0.15) is 17.8 Å². The van der Waals surface area contributed by atoms with Crippen molar-refractivity contribution in [1.29, 1.82) is 0 Å². The second-order valence-electron chi connectivity index (χ2n) is 5.99. The summed E-state index contributed by atoms with van der Waals surface area (Å²) in [5.41, 5.74) is 3.73. The summed E-state index contributed by atoms with van der Waals surface area (Å²) in [5, 5.41) is 13.2. The highest BCUT2D eigenvalue weighted by Crippen LogP contribution is 2.26. The molecular weight excluding hydrogens is 333 g/mol. The van der Waals surface area contributed by atoms with Gasteiger partial charge in [0.1, 0.15) is 0 Å². The molecule has 0 aliphatic carbocycles. The Labute approximate surface area is 139 Å². The number of aromatic nitrogens is 2. The Balaban J connectivity index is 1.56. The third kappa shape index (κ3) is 3.76. The minimum atomic E-state index is -3.53. The first-order valence-corrected chi connectivity index (χ1v) is 10.7. The molecule has 128 valence electrons. The van der Waals surface area contributed by atoms with Gasteiger partial charge in [0.2, 0.25) is 0 Å². The van der Waals surface area contributed by atoms with Crippen LogP contribution in [0.3, 0.4) is 0 Å². The van der Waals surface area contributed by atoms with Crippen molar-refractivity contribution < 1.29 is 8.42 Å². The summed E-state index contributed by atoms with van der Waals surface area (Å²) in [4.78, 5) is 0. The van der Waals surface area contributed by atoms with E-state index in [1.807, 2.05) is 6.20 Å². The molecule has 23 heavy (non-hydrogen) atoms. The maximum Gasteiger partial charge on any atom is 0.276 e. The Morgan fingerprint density at radius 3 is 2.83 bits per heavy atom. The van der Waals surface area contributed by atoms with Crippen LogP contribution in [0.15, 0.2) is 12.3 Å². The number of nitrogens with one attached hydrogen (secondary N) is 1. The van der Waals surface area contributed by atoms with E-state index in [1.165, 1.54) is 21.0 Å². The molecule has 0 aromatic carbocycles. The molecule has 1 atom stereocenters. The Bertz CT molecular complexity index is 692. The van der Waals surface area contributed by atoms with E-state index in [9.17, 15) is 8.42 Å². The van der Waals surface area contributed by atoms with Gasteiger partial charge in [-0.3, -0.25) is 4.68 Å². The van der Waals surface area contributed by atoms with Gasteiger partial charge >= 0.3 is 0 Å². The molecule has 0 amide bonds. The summed E-state index contributed by atoms with van der Waals surface area (Å²) in [6, 6.07) is 0. The van der Waals surface area contributed by atoms with E-state index in [0.717, 1.165) is 40.7 Å². The highest BCUT2D eigenvalue weighted by molar-refractivity contribution is 7.86. The largest absolute Gasteiger partial charge is 0.384 e. The van der Waals surface area contributed by atoms with Gasteiger partial charge in [-0.1, -0.05) is 14.7 Å². The molecule has 0 saturated carbocycles. The summed E-state index contributed by atoms with van der Waals surface area (Å²) in [6.07, 6.45) is 6.96. The summed E-state index contributed by atoms with van der Waals surface area (Å²) >= 11 is 0. The molecule has 2 aliphatic heterocycles. The third-order valence-corrected chi connectivity index (χ3v) is 6.87. The van der Waals surface area contributed by atoms with E-state index < -0.39 is 10.2 Å². The molecule has 0 spiro atoms. The molecule has 3 rings (SSSR count). The molecule has 1 unspecified atom stereocenters. The lowest BCUT2D eigenvalue weighted by Gasteiger charge is -2.30. The Kier molecular flexibility index (Phi) is 5.06. The van der Waals surface area contributed by atoms with Crippen LogP contribution in [0, 0.1) is 5.92 Å². The number of hydrogen-bond donors (Lipinski definition) is 2. The van der Waals surface area contributed by atoms with E-state index in [0.29, 0.717) is 19.0 Å². The molecular formula is C14H24N5O2PS. The summed E-state index contributed by atoms with van der Waals surface area (Å²) in [6.45, 7) is 4.92. The minimum Gasteiger partial charge on any atom is -0.384 e. The average molecular weight is 357 g/mol. The predicted molar refractivity (Wildman–Crippen MR) is 94.1 cm³/mol. The van der Waals surface area contributed by atoms with Crippen molar-refractivity contribution in [2.24, 2.45) is 11.1 Å². The lowest BCUT2D eigenvalue weighted by atomic mass is 9.98. The second kappa shape index (κ2) is 6.89. The van der Waals surface area contributed by atoms with Gasteiger partial charge in [-0.25, -0.2) is 5.14 Å². The zero-order valence-electron chi connectivity index (χ0n) is 13.3. The monoisotopic (exact) mass is 357 g/mol. The minimum absolute atomic E-state index is 0.475. The van der Waals surface area contributed by atoms with Crippen molar-refractivity contribution in [2.45, 2.75) is 26.3 Å². The highest BCUT2D eigenvalue weighted by atomic mass is 32.2. The molecule has 3 N–H and O–H groups in total.